The molecule has 0 radical (unpaired) electrons. The number of Topliss-reactive ketones (excluding diaryl/α,β-unsaturated/α-hetero) is 1. The van der Waals surface area contributed by atoms with E-state index in [9.17, 15) is 30.0 Å². The lowest BCUT2D eigenvalue weighted by molar-refractivity contribution is -0.336. The molecule has 0 aromatic carbocycles. The Kier molecular flexibility index (Phi) is 15.7. The van der Waals surface area contributed by atoms with Crippen LogP contribution in [0.5, 0.6) is 0 Å². The lowest BCUT2D eigenvalue weighted by Crippen LogP contribution is -2.69. The Morgan fingerprint density at radius 3 is 2.04 bits per heavy atom. The second-order valence-corrected chi connectivity index (χ2v) is 17.2. The first-order valence-corrected chi connectivity index (χ1v) is 19.5. The molecule has 3 rings (SSSR count). The fourth-order valence-corrected chi connectivity index (χ4v) is 9.03. The third-order valence-electron chi connectivity index (χ3n) is 13.1. The first kappa shape index (κ1) is 47.0. The van der Waals surface area contributed by atoms with Crippen LogP contribution >= 0.6 is 0 Å². The predicted octanol–water partition coefficient (Wildman–Crippen LogP) is 1.77. The molecule has 16 unspecified atom stereocenters. The van der Waals surface area contributed by atoms with Gasteiger partial charge in [-0.1, -0.05) is 27.7 Å². The molecule has 15 nitrogen and oxygen atoms in total. The molecule has 3 aliphatic rings. The molecule has 0 bridgehead atoms. The average molecular weight is 777 g/mol. The van der Waals surface area contributed by atoms with Gasteiger partial charge in [-0.15, -0.1) is 0 Å². The average Bonchev–Trinajstić information content (AvgIpc) is 3.12. The minimum atomic E-state index is -1.98. The lowest BCUT2D eigenvalue weighted by atomic mass is 9.73. The zero-order chi connectivity index (χ0) is 41.3. The number of likely N-dealkylation sites (N-methyl/N-ethyl adjacent to an activating group) is 1. The molecule has 15 heteroatoms. The Morgan fingerprint density at radius 1 is 0.907 bits per heavy atom. The van der Waals surface area contributed by atoms with Crippen LogP contribution in [0.1, 0.15) is 94.9 Å². The fraction of sp³-hybridized carbons (Fsp3) is 0.949. The Hall–Kier alpha value is -1.34. The summed E-state index contributed by atoms with van der Waals surface area (Å²) in [5.41, 5.74) is 0.0176. The zero-order valence-electron chi connectivity index (χ0n) is 35.1. The Balaban J connectivity index is 2.24. The first-order valence-electron chi connectivity index (χ1n) is 19.5. The molecule has 0 aromatic heterocycles. The van der Waals surface area contributed by atoms with Crippen molar-refractivity contribution >= 4 is 11.8 Å². The summed E-state index contributed by atoms with van der Waals surface area (Å²) in [6.45, 7) is 16.8. The molecular formula is C39H72N2O13. The Morgan fingerprint density at radius 2 is 1.52 bits per heavy atom. The van der Waals surface area contributed by atoms with E-state index >= 15 is 0 Å². The number of carbonyl (C=O) groups is 2. The van der Waals surface area contributed by atoms with E-state index in [4.69, 9.17) is 38.9 Å². The van der Waals surface area contributed by atoms with E-state index in [1.54, 1.807) is 48.5 Å². The topological polar surface area (TPSA) is 209 Å². The predicted molar refractivity (Wildman–Crippen MR) is 199 cm³/mol. The third-order valence-corrected chi connectivity index (χ3v) is 13.1. The van der Waals surface area contributed by atoms with Crippen LogP contribution in [0.15, 0.2) is 0 Å². The van der Waals surface area contributed by atoms with Crippen molar-refractivity contribution in [3.63, 3.8) is 0 Å². The summed E-state index contributed by atoms with van der Waals surface area (Å²) in [6, 6.07) is -0.297. The number of ether oxygens (including phenoxy) is 7. The van der Waals surface area contributed by atoms with Crippen LogP contribution in [0.4, 0.5) is 0 Å². The fourth-order valence-electron chi connectivity index (χ4n) is 9.03. The maximum Gasteiger partial charge on any atom is 0.311 e. The van der Waals surface area contributed by atoms with Gasteiger partial charge in [0.1, 0.15) is 34.8 Å². The van der Waals surface area contributed by atoms with Crippen molar-refractivity contribution in [1.82, 2.24) is 4.90 Å². The number of nitrogens with two attached hydrogens (primary N) is 1. The number of hydrogen-bond acceptors (Lipinski definition) is 15. The van der Waals surface area contributed by atoms with Gasteiger partial charge in [0.05, 0.1) is 42.0 Å². The van der Waals surface area contributed by atoms with Gasteiger partial charge in [-0.2, -0.15) is 0 Å². The highest BCUT2D eigenvalue weighted by Gasteiger charge is 2.58. The number of rotatable bonds is 9. The summed E-state index contributed by atoms with van der Waals surface area (Å²) in [6.07, 6.45) is -8.30. The van der Waals surface area contributed by atoms with Crippen LogP contribution in [0.3, 0.4) is 0 Å². The van der Waals surface area contributed by atoms with Crippen molar-refractivity contribution in [1.29, 1.82) is 0 Å². The van der Waals surface area contributed by atoms with Gasteiger partial charge in [0, 0.05) is 51.0 Å². The number of cyclic esters (lactones) is 1. The number of aliphatic hydroxyl groups is 4. The summed E-state index contributed by atoms with van der Waals surface area (Å²) in [5.74, 6) is -4.60. The number of ketones is 1. The maximum absolute atomic E-state index is 14.3. The minimum absolute atomic E-state index is 0.0357. The van der Waals surface area contributed by atoms with E-state index in [0.29, 0.717) is 6.42 Å². The highest BCUT2D eigenvalue weighted by atomic mass is 16.7. The molecule has 3 heterocycles. The number of nitrogens with zero attached hydrogens (tertiary/aromatic N) is 1. The van der Waals surface area contributed by atoms with E-state index < -0.39 is 101 Å². The smallest absolute Gasteiger partial charge is 0.311 e. The van der Waals surface area contributed by atoms with Gasteiger partial charge in [0.2, 0.25) is 0 Å². The maximum atomic E-state index is 14.3. The van der Waals surface area contributed by atoms with Gasteiger partial charge in [-0.25, -0.2) is 0 Å². The zero-order valence-corrected chi connectivity index (χ0v) is 35.1. The summed E-state index contributed by atoms with van der Waals surface area (Å²) >= 11 is 0. The van der Waals surface area contributed by atoms with Crippen LogP contribution in [-0.2, 0) is 42.7 Å². The summed E-state index contributed by atoms with van der Waals surface area (Å²) < 4.78 is 44.2. The molecule has 18 atom stereocenters. The third kappa shape index (κ3) is 9.18. The highest BCUT2D eigenvalue weighted by molar-refractivity contribution is 5.83. The molecule has 54 heavy (non-hydrogen) atoms. The minimum Gasteiger partial charge on any atom is -0.459 e. The monoisotopic (exact) mass is 777 g/mol. The number of hydrogen-bond donors (Lipinski definition) is 5. The number of methoxy groups -OCH3 is 2. The van der Waals surface area contributed by atoms with Crippen molar-refractivity contribution < 1.29 is 63.2 Å². The van der Waals surface area contributed by atoms with Crippen molar-refractivity contribution in [2.24, 2.45) is 29.4 Å². The molecule has 3 fully saturated rings. The summed E-state index contributed by atoms with van der Waals surface area (Å²) in [5, 5.41) is 46.3. The van der Waals surface area contributed by atoms with Gasteiger partial charge < -0.3 is 64.2 Å². The molecule has 316 valence electrons. The standard InChI is InChI=1S/C39H72N2O13/c1-15-27-38(10,46)32(44)22(4)29(42)20(2)17-36(8,48-13)33(54-35-30(43)26(41(11)12)16-21(3)50-35)23(5)31(24(6)34(45)52-27)53-28-18-37(9,49-14)39(47,19-40)25(7)51-28/h20-28,30-33,35,43-44,46-47H,15-19,40H2,1-14H3/t20?,21?,22?,23?,24?,25?,26?,27-,28?,30?,31?,32?,33?,35?,36?,37?,38?,39-/m1/s1. The Labute approximate surface area is 322 Å². The van der Waals surface area contributed by atoms with E-state index in [1.165, 1.54) is 21.1 Å². The van der Waals surface area contributed by atoms with E-state index in [2.05, 4.69) is 0 Å². The lowest BCUT2D eigenvalue weighted by Gasteiger charge is -2.53. The summed E-state index contributed by atoms with van der Waals surface area (Å²) in [7, 11) is 6.72. The highest BCUT2D eigenvalue weighted by Crippen LogP contribution is 2.44. The van der Waals surface area contributed by atoms with E-state index in [1.807, 2.05) is 32.8 Å². The van der Waals surface area contributed by atoms with Crippen molar-refractivity contribution in [3.05, 3.63) is 0 Å². The first-order chi connectivity index (χ1) is 24.9. The largest absolute Gasteiger partial charge is 0.459 e. The molecule has 6 N–H and O–H groups in total. The number of carbonyl (C=O) groups excluding carboxylic acids is 2. The van der Waals surface area contributed by atoms with Crippen LogP contribution in [0, 0.1) is 23.7 Å². The van der Waals surface area contributed by atoms with Gasteiger partial charge in [0.25, 0.3) is 0 Å². The van der Waals surface area contributed by atoms with Crippen LogP contribution < -0.4 is 5.73 Å². The van der Waals surface area contributed by atoms with Gasteiger partial charge >= 0.3 is 5.97 Å². The second-order valence-electron chi connectivity index (χ2n) is 17.2. The van der Waals surface area contributed by atoms with Crippen molar-refractivity contribution in [3.8, 4) is 0 Å². The molecule has 0 spiro atoms. The molecular weight excluding hydrogens is 704 g/mol. The Bertz CT molecular complexity index is 1260. The van der Waals surface area contributed by atoms with Crippen LogP contribution in [-0.4, -0.2) is 156 Å². The van der Waals surface area contributed by atoms with Gasteiger partial charge in [0.15, 0.2) is 12.6 Å². The number of esters is 1. The van der Waals surface area contributed by atoms with Crippen molar-refractivity contribution in [2.75, 3.05) is 34.9 Å². The second kappa shape index (κ2) is 18.1. The normalized spacial score (nSPS) is 49.0. The molecule has 3 saturated heterocycles. The van der Waals surface area contributed by atoms with Crippen LogP contribution in [0.25, 0.3) is 0 Å². The quantitative estimate of drug-likeness (QED) is 0.212. The van der Waals surface area contributed by atoms with Gasteiger partial charge in [-0.05, 0) is 74.9 Å². The van der Waals surface area contributed by atoms with E-state index in [0.717, 1.165) is 0 Å². The molecule has 0 amide bonds. The molecule has 0 aliphatic carbocycles. The van der Waals surface area contributed by atoms with Crippen molar-refractivity contribution in [2.45, 2.75) is 179 Å². The molecule has 3 aliphatic heterocycles. The molecule has 0 saturated carbocycles. The van der Waals surface area contributed by atoms with Gasteiger partial charge in [-0.3, -0.25) is 9.59 Å². The number of aliphatic hydroxyl groups excluding tert-OH is 2. The SMILES string of the molecule is CC[C@H]1OC(=O)C(C)C(OC2CC(C)(OC)[C@@](O)(CN)C(C)O2)C(C)C(OC2OC(C)CC(N(C)C)C2O)C(C)(OC)CC(C)C(=O)C(C)C(O)C1(C)O. The van der Waals surface area contributed by atoms with Crippen LogP contribution in [0.2, 0.25) is 0 Å². The molecule has 0 aromatic rings. The summed E-state index contributed by atoms with van der Waals surface area (Å²) in [4.78, 5) is 30.2. The van der Waals surface area contributed by atoms with E-state index in [-0.39, 0.29) is 43.7 Å².